The van der Waals surface area contributed by atoms with Gasteiger partial charge in [0.2, 0.25) is 5.69 Å². The van der Waals surface area contributed by atoms with Crippen LogP contribution in [0.15, 0.2) is 126 Å². The lowest BCUT2D eigenvalue weighted by molar-refractivity contribution is -0.660. The molecule has 3 heterocycles. The van der Waals surface area contributed by atoms with Gasteiger partial charge in [-0.1, -0.05) is 66.7 Å². The lowest BCUT2D eigenvalue weighted by Gasteiger charge is -2.13. The lowest BCUT2D eigenvalue weighted by atomic mass is 9.92. The Hall–Kier alpha value is -4.76. The molecule has 0 fully saturated rings. The summed E-state index contributed by atoms with van der Waals surface area (Å²) in [5, 5.41) is 4.56. The van der Waals surface area contributed by atoms with Crippen LogP contribution in [0.3, 0.4) is 0 Å². The number of aromatic nitrogens is 2. The normalized spacial score (nSPS) is 11.5. The number of furan rings is 1. The van der Waals surface area contributed by atoms with E-state index in [1.54, 1.807) is 0 Å². The number of hydrogen-bond donors (Lipinski definition) is 0. The average Bonchev–Trinajstić information content (AvgIpc) is 3.33. The van der Waals surface area contributed by atoms with Crippen molar-refractivity contribution in [3.05, 3.63) is 133 Å². The molecule has 0 saturated heterocycles. The maximum Gasteiger partial charge on any atom is 0.212 e. The van der Waals surface area contributed by atoms with Crippen LogP contribution in [0.1, 0.15) is 11.1 Å². The van der Waals surface area contributed by atoms with Gasteiger partial charge in [0.25, 0.3) is 0 Å². The van der Waals surface area contributed by atoms with Crippen LogP contribution in [0.5, 0.6) is 0 Å². The minimum atomic E-state index is 0.769. The van der Waals surface area contributed by atoms with Gasteiger partial charge < -0.3 is 4.42 Å². The molecule has 0 unspecified atom stereocenters. The van der Waals surface area contributed by atoms with Crippen molar-refractivity contribution in [2.24, 2.45) is 7.05 Å². The van der Waals surface area contributed by atoms with E-state index in [1.165, 1.54) is 27.8 Å². The van der Waals surface area contributed by atoms with Crippen LogP contribution in [0.2, 0.25) is 0 Å². The Morgan fingerprint density at radius 2 is 1.43 bits per heavy atom. The Bertz CT molecular complexity index is 1920. The van der Waals surface area contributed by atoms with Crippen molar-refractivity contribution in [1.29, 1.82) is 0 Å². The molecule has 3 heteroatoms. The third kappa shape index (κ3) is 3.59. The van der Waals surface area contributed by atoms with Crippen molar-refractivity contribution in [3.8, 4) is 22.5 Å². The van der Waals surface area contributed by atoms with Gasteiger partial charge in [-0.05, 0) is 53.3 Å². The van der Waals surface area contributed by atoms with Crippen molar-refractivity contribution in [3.63, 3.8) is 0 Å². The third-order valence-corrected chi connectivity index (χ3v) is 7.27. The van der Waals surface area contributed by atoms with Crippen molar-refractivity contribution in [1.82, 2.24) is 4.98 Å². The molecule has 0 aliphatic carbocycles. The fraction of sp³-hybridized carbons (Fsp3) is 0.0588. The fourth-order valence-electron chi connectivity index (χ4n) is 5.48. The van der Waals surface area contributed by atoms with E-state index in [-0.39, 0.29) is 0 Å². The van der Waals surface area contributed by atoms with Crippen molar-refractivity contribution < 1.29 is 8.98 Å². The van der Waals surface area contributed by atoms with Crippen molar-refractivity contribution in [2.75, 3.05) is 0 Å². The van der Waals surface area contributed by atoms with Crippen LogP contribution >= 0.6 is 0 Å². The van der Waals surface area contributed by atoms with Gasteiger partial charge >= 0.3 is 0 Å². The summed E-state index contributed by atoms with van der Waals surface area (Å²) < 4.78 is 8.89. The zero-order valence-electron chi connectivity index (χ0n) is 20.6. The minimum absolute atomic E-state index is 0.769. The molecule has 0 N–H and O–H groups in total. The summed E-state index contributed by atoms with van der Waals surface area (Å²) in [4.78, 5) is 4.76. The largest absolute Gasteiger partial charge is 0.455 e. The molecule has 0 atom stereocenters. The Morgan fingerprint density at radius 1 is 0.649 bits per heavy atom. The van der Waals surface area contributed by atoms with E-state index in [4.69, 9.17) is 9.40 Å². The van der Waals surface area contributed by atoms with Crippen LogP contribution in [0.25, 0.3) is 55.2 Å². The first-order chi connectivity index (χ1) is 18.3. The zero-order chi connectivity index (χ0) is 24.8. The van der Waals surface area contributed by atoms with Crippen molar-refractivity contribution in [2.45, 2.75) is 6.42 Å². The van der Waals surface area contributed by atoms with E-state index in [0.29, 0.717) is 0 Å². The van der Waals surface area contributed by atoms with Gasteiger partial charge in [0, 0.05) is 45.6 Å². The predicted octanol–water partition coefficient (Wildman–Crippen LogP) is 7.88. The zero-order valence-corrected chi connectivity index (χ0v) is 20.6. The second kappa shape index (κ2) is 8.72. The highest BCUT2D eigenvalue weighted by Gasteiger charge is 2.20. The van der Waals surface area contributed by atoms with Gasteiger partial charge in [0.15, 0.2) is 6.20 Å². The summed E-state index contributed by atoms with van der Waals surface area (Å²) in [6.07, 6.45) is 4.72. The molecule has 0 aliphatic heterocycles. The van der Waals surface area contributed by atoms with E-state index in [2.05, 4.69) is 115 Å². The van der Waals surface area contributed by atoms with E-state index in [1.807, 2.05) is 18.3 Å². The molecule has 7 aromatic rings. The predicted molar refractivity (Wildman–Crippen MR) is 150 cm³/mol. The Labute approximate surface area is 215 Å². The monoisotopic (exact) mass is 477 g/mol. The van der Waals surface area contributed by atoms with E-state index in [9.17, 15) is 0 Å². The topological polar surface area (TPSA) is 29.9 Å². The molecule has 3 nitrogen and oxygen atoms in total. The maximum atomic E-state index is 6.72. The molecule has 7 rings (SSSR count). The molecule has 0 aliphatic rings. The summed E-state index contributed by atoms with van der Waals surface area (Å²) in [5.41, 5.74) is 8.69. The number of pyridine rings is 2. The Kier molecular flexibility index (Phi) is 5.07. The summed E-state index contributed by atoms with van der Waals surface area (Å²) in [6.45, 7) is 0. The van der Waals surface area contributed by atoms with Gasteiger partial charge in [0.1, 0.15) is 18.2 Å². The quantitative estimate of drug-likeness (QED) is 0.241. The second-order valence-electron chi connectivity index (χ2n) is 9.49. The Morgan fingerprint density at radius 3 is 2.32 bits per heavy atom. The molecule has 176 valence electrons. The molecule has 0 saturated carbocycles. The summed E-state index contributed by atoms with van der Waals surface area (Å²) in [6, 6.07) is 38.3. The number of nitrogens with zero attached hydrogens (tertiary/aromatic N) is 2. The van der Waals surface area contributed by atoms with Crippen LogP contribution in [0, 0.1) is 0 Å². The van der Waals surface area contributed by atoms with E-state index >= 15 is 0 Å². The molecule has 4 aromatic carbocycles. The lowest BCUT2D eigenvalue weighted by Crippen LogP contribution is -2.30. The van der Waals surface area contributed by atoms with Gasteiger partial charge in [-0.3, -0.25) is 4.98 Å². The van der Waals surface area contributed by atoms with Crippen LogP contribution in [-0.4, -0.2) is 4.98 Å². The van der Waals surface area contributed by atoms with Gasteiger partial charge in [-0.25, -0.2) is 4.57 Å². The third-order valence-electron chi connectivity index (χ3n) is 7.27. The van der Waals surface area contributed by atoms with E-state index < -0.39 is 0 Å². The summed E-state index contributed by atoms with van der Waals surface area (Å²) in [5.74, 6) is 0. The first-order valence-electron chi connectivity index (χ1n) is 12.6. The van der Waals surface area contributed by atoms with Crippen LogP contribution in [0.4, 0.5) is 0 Å². The molecule has 0 bridgehead atoms. The number of aryl methyl sites for hydroxylation is 1. The SMILES string of the molecule is C[n+]1ccccc1-c1ccccc1Cc1ccc2c(oc3c4ccccc4ccc23)c1-c1ccccn1. The molecule has 0 amide bonds. The highest BCUT2D eigenvalue weighted by Crippen LogP contribution is 2.40. The van der Waals surface area contributed by atoms with Crippen LogP contribution < -0.4 is 4.57 Å². The van der Waals surface area contributed by atoms with Gasteiger partial charge in [-0.2, -0.15) is 0 Å². The summed E-state index contributed by atoms with van der Waals surface area (Å²) in [7, 11) is 2.09. The molecule has 0 spiro atoms. The highest BCUT2D eigenvalue weighted by molar-refractivity contribution is 6.17. The van der Waals surface area contributed by atoms with Crippen molar-refractivity contribution >= 4 is 32.7 Å². The number of rotatable bonds is 4. The number of fused-ring (bicyclic) bond motifs is 5. The maximum absolute atomic E-state index is 6.72. The fourth-order valence-corrected chi connectivity index (χ4v) is 5.48. The second-order valence-corrected chi connectivity index (χ2v) is 9.49. The molecule has 3 aromatic heterocycles. The first-order valence-corrected chi connectivity index (χ1v) is 12.6. The van der Waals surface area contributed by atoms with Gasteiger partial charge in [-0.15, -0.1) is 0 Å². The standard InChI is InChI=1S/C34H25N2O/c1-36-21-9-7-15-31(36)26-12-4-3-11-24(26)22-25-17-19-29-28-18-16-23-10-2-5-13-27(23)33(28)37-34(29)32(25)30-14-6-8-20-35-30/h2-21H,22H2,1H3/q+1. The van der Waals surface area contributed by atoms with Gasteiger partial charge in [0.05, 0.1) is 5.69 Å². The molecule has 0 radical (unpaired) electrons. The minimum Gasteiger partial charge on any atom is -0.455 e. The molecular weight excluding hydrogens is 452 g/mol. The molecule has 37 heavy (non-hydrogen) atoms. The molecular formula is C34H25N2O+. The smallest absolute Gasteiger partial charge is 0.212 e. The number of hydrogen-bond acceptors (Lipinski definition) is 2. The first kappa shape index (κ1) is 21.5. The average molecular weight is 478 g/mol. The number of benzene rings is 4. The Balaban J connectivity index is 1.48. The van der Waals surface area contributed by atoms with Crippen LogP contribution in [-0.2, 0) is 13.5 Å². The van der Waals surface area contributed by atoms with E-state index in [0.717, 1.165) is 45.0 Å². The summed E-state index contributed by atoms with van der Waals surface area (Å²) >= 11 is 0. The highest BCUT2D eigenvalue weighted by atomic mass is 16.3.